The zero-order valence-corrected chi connectivity index (χ0v) is 13.3. The van der Waals surface area contributed by atoms with Crippen molar-refractivity contribution in [3.05, 3.63) is 63.2 Å². The van der Waals surface area contributed by atoms with Crippen molar-refractivity contribution in [3.63, 3.8) is 0 Å². The molecule has 0 aliphatic heterocycles. The summed E-state index contributed by atoms with van der Waals surface area (Å²) in [7, 11) is 0. The Hall–Kier alpha value is -1.14. The quantitative estimate of drug-likeness (QED) is 0.632. The lowest BCUT2D eigenvalue weighted by Gasteiger charge is -2.07. The molecule has 2 N–H and O–H groups in total. The molecule has 0 unspecified atom stereocenters. The highest BCUT2D eigenvalue weighted by atomic mass is 127. The van der Waals surface area contributed by atoms with Gasteiger partial charge in [-0.1, -0.05) is 36.5 Å². The standard InChI is InChI=1S/C15H14INOS/c16-13-5-1-12(2-6-13)10-18-14-7-3-11(4-8-14)9-15(17)19/h1-8H,9-10H2,(H2,17,19). The molecule has 98 valence electrons. The van der Waals surface area contributed by atoms with E-state index in [4.69, 9.17) is 22.7 Å². The normalized spacial score (nSPS) is 10.2. The minimum Gasteiger partial charge on any atom is -0.489 e. The van der Waals surface area contributed by atoms with Crippen LogP contribution in [0, 0.1) is 3.57 Å². The molecule has 0 aliphatic carbocycles. The van der Waals surface area contributed by atoms with Crippen LogP contribution in [0.1, 0.15) is 11.1 Å². The van der Waals surface area contributed by atoms with Gasteiger partial charge in [-0.05, 0) is 58.0 Å². The maximum absolute atomic E-state index is 5.73. The van der Waals surface area contributed by atoms with E-state index in [9.17, 15) is 0 Å². The van der Waals surface area contributed by atoms with Gasteiger partial charge >= 0.3 is 0 Å². The van der Waals surface area contributed by atoms with E-state index in [0.717, 1.165) is 16.9 Å². The average Bonchev–Trinajstić information content (AvgIpc) is 2.39. The monoisotopic (exact) mass is 383 g/mol. The zero-order valence-electron chi connectivity index (χ0n) is 10.3. The van der Waals surface area contributed by atoms with Crippen LogP contribution >= 0.6 is 34.8 Å². The van der Waals surface area contributed by atoms with E-state index >= 15 is 0 Å². The molecule has 0 amide bonds. The Morgan fingerprint density at radius 2 is 1.58 bits per heavy atom. The van der Waals surface area contributed by atoms with Crippen LogP contribution in [-0.4, -0.2) is 4.99 Å². The fourth-order valence-electron chi connectivity index (χ4n) is 1.65. The molecule has 2 aromatic carbocycles. The van der Waals surface area contributed by atoms with E-state index < -0.39 is 0 Å². The van der Waals surface area contributed by atoms with E-state index in [0.29, 0.717) is 18.0 Å². The topological polar surface area (TPSA) is 35.2 Å². The van der Waals surface area contributed by atoms with Crippen LogP contribution in [-0.2, 0) is 13.0 Å². The molecule has 0 aliphatic rings. The molecule has 0 atom stereocenters. The largest absolute Gasteiger partial charge is 0.489 e. The van der Waals surface area contributed by atoms with E-state index in [-0.39, 0.29) is 0 Å². The van der Waals surface area contributed by atoms with Crippen LogP contribution in [0.25, 0.3) is 0 Å². The summed E-state index contributed by atoms with van der Waals surface area (Å²) >= 11 is 7.17. The average molecular weight is 383 g/mol. The predicted molar refractivity (Wildman–Crippen MR) is 90.4 cm³/mol. The van der Waals surface area contributed by atoms with Gasteiger partial charge in [0.2, 0.25) is 0 Å². The van der Waals surface area contributed by atoms with Crippen LogP contribution in [0.2, 0.25) is 0 Å². The molecule has 0 aromatic heterocycles. The first-order valence-electron chi connectivity index (χ1n) is 5.88. The maximum Gasteiger partial charge on any atom is 0.119 e. The highest BCUT2D eigenvalue weighted by molar-refractivity contribution is 14.1. The molecular formula is C15H14INOS. The number of thiocarbonyl (C=S) groups is 1. The van der Waals surface area contributed by atoms with Crippen LogP contribution in [0.15, 0.2) is 48.5 Å². The van der Waals surface area contributed by atoms with Crippen molar-refractivity contribution in [2.45, 2.75) is 13.0 Å². The molecule has 4 heteroatoms. The second-order valence-electron chi connectivity index (χ2n) is 4.20. The molecule has 0 saturated carbocycles. The number of ether oxygens (including phenoxy) is 1. The maximum atomic E-state index is 5.73. The molecule has 19 heavy (non-hydrogen) atoms. The first kappa shape index (κ1) is 14.3. The molecule has 0 heterocycles. The summed E-state index contributed by atoms with van der Waals surface area (Å²) in [6.07, 6.45) is 0.632. The Labute approximate surface area is 132 Å². The molecule has 2 aromatic rings. The van der Waals surface area contributed by atoms with Gasteiger partial charge in [0.15, 0.2) is 0 Å². The van der Waals surface area contributed by atoms with Crippen LogP contribution < -0.4 is 10.5 Å². The van der Waals surface area contributed by atoms with Crippen molar-refractivity contribution >= 4 is 39.8 Å². The van der Waals surface area contributed by atoms with Gasteiger partial charge in [0.1, 0.15) is 12.4 Å². The first-order chi connectivity index (χ1) is 9.13. The summed E-state index contributed by atoms with van der Waals surface area (Å²) < 4.78 is 6.95. The van der Waals surface area contributed by atoms with Gasteiger partial charge < -0.3 is 10.5 Å². The van der Waals surface area contributed by atoms with E-state index in [1.165, 1.54) is 3.57 Å². The van der Waals surface area contributed by atoms with Crippen molar-refractivity contribution in [1.29, 1.82) is 0 Å². The van der Waals surface area contributed by atoms with Crippen LogP contribution in [0.4, 0.5) is 0 Å². The third-order valence-electron chi connectivity index (χ3n) is 2.62. The smallest absolute Gasteiger partial charge is 0.119 e. The minimum atomic E-state index is 0.507. The highest BCUT2D eigenvalue weighted by Crippen LogP contribution is 2.15. The molecule has 0 radical (unpaired) electrons. The lowest BCUT2D eigenvalue weighted by Crippen LogP contribution is -2.10. The second kappa shape index (κ2) is 6.86. The summed E-state index contributed by atoms with van der Waals surface area (Å²) in [4.78, 5) is 0.507. The summed E-state index contributed by atoms with van der Waals surface area (Å²) in [6, 6.07) is 16.2. The molecule has 0 saturated heterocycles. The van der Waals surface area contributed by atoms with Gasteiger partial charge in [0.05, 0.1) is 4.99 Å². The third-order valence-corrected chi connectivity index (χ3v) is 3.48. The lowest BCUT2D eigenvalue weighted by atomic mass is 10.1. The number of halogens is 1. The van der Waals surface area contributed by atoms with Gasteiger partial charge in [-0.2, -0.15) is 0 Å². The van der Waals surface area contributed by atoms with Crippen molar-refractivity contribution in [2.75, 3.05) is 0 Å². The van der Waals surface area contributed by atoms with Crippen LogP contribution in [0.3, 0.4) is 0 Å². The molecule has 0 fully saturated rings. The van der Waals surface area contributed by atoms with Crippen molar-refractivity contribution in [1.82, 2.24) is 0 Å². The van der Waals surface area contributed by atoms with Crippen molar-refractivity contribution in [3.8, 4) is 5.75 Å². The van der Waals surface area contributed by atoms with Gasteiger partial charge in [-0.25, -0.2) is 0 Å². The molecule has 0 spiro atoms. The zero-order chi connectivity index (χ0) is 13.7. The predicted octanol–water partition coefficient (Wildman–Crippen LogP) is 3.70. The third kappa shape index (κ3) is 4.80. The van der Waals surface area contributed by atoms with Gasteiger partial charge in [0.25, 0.3) is 0 Å². The fraction of sp³-hybridized carbons (Fsp3) is 0.133. The van der Waals surface area contributed by atoms with E-state index in [2.05, 4.69) is 46.9 Å². The Balaban J connectivity index is 1.92. The number of nitrogens with two attached hydrogens (primary N) is 1. The summed E-state index contributed by atoms with van der Waals surface area (Å²) in [5.74, 6) is 0.852. The number of hydrogen-bond donors (Lipinski definition) is 1. The Kier molecular flexibility index (Phi) is 5.15. The number of benzene rings is 2. The number of rotatable bonds is 5. The summed E-state index contributed by atoms with van der Waals surface area (Å²) in [5.41, 5.74) is 7.77. The van der Waals surface area contributed by atoms with Gasteiger partial charge in [-0.3, -0.25) is 0 Å². The molecule has 0 bridgehead atoms. The lowest BCUT2D eigenvalue weighted by molar-refractivity contribution is 0.306. The molecule has 2 nitrogen and oxygen atoms in total. The van der Waals surface area contributed by atoms with E-state index in [1.54, 1.807) is 0 Å². The highest BCUT2D eigenvalue weighted by Gasteiger charge is 1.98. The summed E-state index contributed by atoms with van der Waals surface area (Å²) in [6.45, 7) is 0.575. The van der Waals surface area contributed by atoms with Crippen molar-refractivity contribution in [2.24, 2.45) is 5.73 Å². The molecule has 2 rings (SSSR count). The first-order valence-corrected chi connectivity index (χ1v) is 7.36. The van der Waals surface area contributed by atoms with Crippen molar-refractivity contribution < 1.29 is 4.74 Å². The van der Waals surface area contributed by atoms with Gasteiger partial charge in [0, 0.05) is 9.99 Å². The van der Waals surface area contributed by atoms with Gasteiger partial charge in [-0.15, -0.1) is 0 Å². The minimum absolute atomic E-state index is 0.507. The Morgan fingerprint density at radius 1 is 1.00 bits per heavy atom. The van der Waals surface area contributed by atoms with E-state index in [1.807, 2.05) is 24.3 Å². The second-order valence-corrected chi connectivity index (χ2v) is 5.97. The van der Waals surface area contributed by atoms with Crippen LogP contribution in [0.5, 0.6) is 5.75 Å². The Bertz CT molecular complexity index is 551. The molecular weight excluding hydrogens is 369 g/mol. The SMILES string of the molecule is NC(=S)Cc1ccc(OCc2ccc(I)cc2)cc1. The Morgan fingerprint density at radius 3 is 2.16 bits per heavy atom. The number of hydrogen-bond acceptors (Lipinski definition) is 2. The summed E-state index contributed by atoms with van der Waals surface area (Å²) in [5, 5.41) is 0. The fourth-order valence-corrected chi connectivity index (χ4v) is 2.18.